The molecule has 0 fully saturated rings. The van der Waals surface area contributed by atoms with Crippen LogP contribution in [0.5, 0.6) is 0 Å². The van der Waals surface area contributed by atoms with Crippen molar-refractivity contribution in [3.8, 4) is 0 Å². The molecule has 1 aromatic rings. The van der Waals surface area contributed by atoms with Gasteiger partial charge in [0.2, 0.25) is 5.91 Å². The number of rotatable bonds is 6. The summed E-state index contributed by atoms with van der Waals surface area (Å²) in [4.78, 5) is 24.5. The number of carboxylic acid groups (broad SMARTS) is 1. The predicted molar refractivity (Wildman–Crippen MR) is 69.2 cm³/mol. The number of nitrogens with two attached hydrogens (primary N) is 1. The van der Waals surface area contributed by atoms with Gasteiger partial charge in [-0.05, 0) is 6.92 Å². The van der Waals surface area contributed by atoms with Crippen LogP contribution in [0.15, 0.2) is 12.4 Å². The van der Waals surface area contributed by atoms with Gasteiger partial charge in [0.05, 0.1) is 12.1 Å². The molecule has 0 aliphatic rings. The maximum Gasteiger partial charge on any atom is 0.308 e. The van der Waals surface area contributed by atoms with Crippen LogP contribution in [0.4, 0.5) is 0 Å². The molecular formula is C12H20N4O3. The Morgan fingerprint density at radius 3 is 2.63 bits per heavy atom. The van der Waals surface area contributed by atoms with Gasteiger partial charge >= 0.3 is 5.97 Å². The maximum atomic E-state index is 12.2. The van der Waals surface area contributed by atoms with Crippen LogP contribution in [0.3, 0.4) is 0 Å². The molecule has 0 spiro atoms. The molecule has 0 aromatic carbocycles. The Balaban J connectivity index is 2.75. The van der Waals surface area contributed by atoms with E-state index >= 15 is 0 Å². The standard InChI is InChI=1S/C12H20N4O3/c1-4-16(6-8(2)12(18)19)11(17)10(13)9-5-14-15(3)7-9/h5,7-8,10H,4,6,13H2,1-3H3,(H,18,19). The van der Waals surface area contributed by atoms with E-state index in [9.17, 15) is 9.59 Å². The average molecular weight is 268 g/mol. The fourth-order valence-electron chi connectivity index (χ4n) is 1.72. The minimum absolute atomic E-state index is 0.151. The first-order chi connectivity index (χ1) is 8.86. The van der Waals surface area contributed by atoms with Crippen molar-refractivity contribution >= 4 is 11.9 Å². The molecule has 1 aromatic heterocycles. The lowest BCUT2D eigenvalue weighted by atomic mass is 10.1. The van der Waals surface area contributed by atoms with E-state index in [-0.39, 0.29) is 12.5 Å². The third-order valence-electron chi connectivity index (χ3n) is 2.96. The second kappa shape index (κ2) is 6.33. The number of aromatic nitrogens is 2. The van der Waals surface area contributed by atoms with E-state index < -0.39 is 17.9 Å². The summed E-state index contributed by atoms with van der Waals surface area (Å²) in [7, 11) is 1.74. The highest BCUT2D eigenvalue weighted by atomic mass is 16.4. The number of nitrogens with zero attached hydrogens (tertiary/aromatic N) is 3. The van der Waals surface area contributed by atoms with Crippen molar-refractivity contribution in [2.75, 3.05) is 13.1 Å². The van der Waals surface area contributed by atoms with Crippen LogP contribution < -0.4 is 5.73 Å². The fourth-order valence-corrected chi connectivity index (χ4v) is 1.72. The molecule has 0 saturated carbocycles. The topological polar surface area (TPSA) is 101 Å². The monoisotopic (exact) mass is 268 g/mol. The second-order valence-corrected chi connectivity index (χ2v) is 4.54. The molecule has 1 amide bonds. The minimum atomic E-state index is -0.929. The first kappa shape index (κ1) is 15.2. The van der Waals surface area contributed by atoms with Crippen LogP contribution in [0.25, 0.3) is 0 Å². The van der Waals surface area contributed by atoms with Crippen LogP contribution in [0.1, 0.15) is 25.5 Å². The third kappa shape index (κ3) is 3.78. The van der Waals surface area contributed by atoms with E-state index in [2.05, 4.69) is 5.10 Å². The van der Waals surface area contributed by atoms with Crippen molar-refractivity contribution < 1.29 is 14.7 Å². The molecule has 1 rings (SSSR count). The highest BCUT2D eigenvalue weighted by molar-refractivity contribution is 5.83. The number of aliphatic carboxylic acids is 1. The van der Waals surface area contributed by atoms with E-state index in [1.54, 1.807) is 31.8 Å². The number of carbonyl (C=O) groups excluding carboxylic acids is 1. The summed E-state index contributed by atoms with van der Waals surface area (Å²) >= 11 is 0. The summed E-state index contributed by atoms with van der Waals surface area (Å²) < 4.78 is 1.57. The number of carbonyl (C=O) groups is 2. The number of amides is 1. The molecule has 0 saturated heterocycles. The number of aryl methyl sites for hydroxylation is 1. The Morgan fingerprint density at radius 1 is 1.58 bits per heavy atom. The zero-order valence-electron chi connectivity index (χ0n) is 11.4. The van der Waals surface area contributed by atoms with Gasteiger partial charge in [-0.15, -0.1) is 0 Å². The molecular weight excluding hydrogens is 248 g/mol. The first-order valence-corrected chi connectivity index (χ1v) is 6.12. The van der Waals surface area contributed by atoms with Gasteiger partial charge in [0.25, 0.3) is 0 Å². The van der Waals surface area contributed by atoms with Crippen molar-refractivity contribution in [3.63, 3.8) is 0 Å². The Morgan fingerprint density at radius 2 is 2.21 bits per heavy atom. The van der Waals surface area contributed by atoms with E-state index in [4.69, 9.17) is 10.8 Å². The summed E-state index contributed by atoms with van der Waals surface area (Å²) in [5, 5.41) is 12.9. The van der Waals surface area contributed by atoms with Crippen LogP contribution in [-0.2, 0) is 16.6 Å². The van der Waals surface area contributed by atoms with Gasteiger partial charge in [-0.1, -0.05) is 6.92 Å². The van der Waals surface area contributed by atoms with Crippen LogP contribution in [-0.4, -0.2) is 44.8 Å². The fraction of sp³-hybridized carbons (Fsp3) is 0.583. The Bertz CT molecular complexity index is 458. The first-order valence-electron chi connectivity index (χ1n) is 6.12. The summed E-state index contributed by atoms with van der Waals surface area (Å²) in [6.45, 7) is 3.93. The van der Waals surface area contributed by atoms with E-state index in [1.807, 2.05) is 0 Å². The largest absolute Gasteiger partial charge is 0.481 e. The minimum Gasteiger partial charge on any atom is -0.481 e. The van der Waals surface area contributed by atoms with E-state index in [0.717, 1.165) is 0 Å². The predicted octanol–water partition coefficient (Wildman–Crippen LogP) is -0.0109. The molecule has 3 N–H and O–H groups in total. The van der Waals surface area contributed by atoms with Crippen molar-refractivity contribution in [1.82, 2.24) is 14.7 Å². The zero-order chi connectivity index (χ0) is 14.6. The van der Waals surface area contributed by atoms with Gasteiger partial charge in [0.15, 0.2) is 0 Å². The van der Waals surface area contributed by atoms with Gasteiger partial charge in [-0.2, -0.15) is 5.10 Å². The SMILES string of the molecule is CCN(CC(C)C(=O)O)C(=O)C(N)c1cnn(C)c1. The normalized spacial score (nSPS) is 13.9. The van der Waals surface area contributed by atoms with Crippen LogP contribution in [0.2, 0.25) is 0 Å². The van der Waals surface area contributed by atoms with Gasteiger partial charge < -0.3 is 15.7 Å². The van der Waals surface area contributed by atoms with Gasteiger partial charge in [-0.3, -0.25) is 14.3 Å². The summed E-state index contributed by atoms with van der Waals surface area (Å²) in [5.74, 6) is -1.84. The summed E-state index contributed by atoms with van der Waals surface area (Å²) in [6, 6.07) is -0.811. The maximum absolute atomic E-state index is 12.2. The van der Waals surface area contributed by atoms with Crippen molar-refractivity contribution in [2.45, 2.75) is 19.9 Å². The van der Waals surface area contributed by atoms with Crippen molar-refractivity contribution in [1.29, 1.82) is 0 Å². The van der Waals surface area contributed by atoms with Gasteiger partial charge in [0.1, 0.15) is 6.04 Å². The number of carboxylic acids is 1. The molecule has 19 heavy (non-hydrogen) atoms. The molecule has 2 unspecified atom stereocenters. The highest BCUT2D eigenvalue weighted by Gasteiger charge is 2.25. The Labute approximate surface area is 112 Å². The Hall–Kier alpha value is -1.89. The van der Waals surface area contributed by atoms with Crippen molar-refractivity contribution in [3.05, 3.63) is 18.0 Å². The second-order valence-electron chi connectivity index (χ2n) is 4.54. The van der Waals surface area contributed by atoms with Gasteiger partial charge in [-0.25, -0.2) is 0 Å². The number of hydrogen-bond donors (Lipinski definition) is 2. The van der Waals surface area contributed by atoms with E-state index in [1.165, 1.54) is 11.1 Å². The molecule has 0 radical (unpaired) electrons. The zero-order valence-corrected chi connectivity index (χ0v) is 11.4. The smallest absolute Gasteiger partial charge is 0.308 e. The van der Waals surface area contributed by atoms with Crippen LogP contribution in [0, 0.1) is 5.92 Å². The lowest BCUT2D eigenvalue weighted by Crippen LogP contribution is -2.41. The number of hydrogen-bond acceptors (Lipinski definition) is 4. The lowest BCUT2D eigenvalue weighted by Gasteiger charge is -2.25. The Kier molecular flexibility index (Phi) is 5.05. The molecule has 1 heterocycles. The molecule has 106 valence electrons. The molecule has 7 heteroatoms. The summed E-state index contributed by atoms with van der Waals surface area (Å²) in [6.07, 6.45) is 3.22. The molecule has 7 nitrogen and oxygen atoms in total. The molecule has 0 aliphatic carbocycles. The van der Waals surface area contributed by atoms with E-state index in [0.29, 0.717) is 12.1 Å². The highest BCUT2D eigenvalue weighted by Crippen LogP contribution is 2.13. The quantitative estimate of drug-likeness (QED) is 0.755. The molecule has 0 aliphatic heterocycles. The van der Waals surface area contributed by atoms with Crippen LogP contribution >= 0.6 is 0 Å². The molecule has 0 bridgehead atoms. The third-order valence-corrected chi connectivity index (χ3v) is 2.96. The van der Waals surface area contributed by atoms with Crippen molar-refractivity contribution in [2.24, 2.45) is 18.7 Å². The summed E-state index contributed by atoms with van der Waals surface area (Å²) in [5.41, 5.74) is 6.51. The number of likely N-dealkylation sites (N-methyl/N-ethyl adjacent to an activating group) is 1. The average Bonchev–Trinajstić information content (AvgIpc) is 2.80. The lowest BCUT2D eigenvalue weighted by molar-refractivity contribution is -0.143. The van der Waals surface area contributed by atoms with Gasteiger partial charge in [0, 0.05) is 31.9 Å². The molecule has 2 atom stereocenters.